The summed E-state index contributed by atoms with van der Waals surface area (Å²) < 4.78 is 1.63. The first-order valence-electron chi connectivity index (χ1n) is 8.19. The fourth-order valence-electron chi connectivity index (χ4n) is 2.99. The lowest BCUT2D eigenvalue weighted by atomic mass is 9.98. The molecule has 122 valence electrons. The van der Waals surface area contributed by atoms with E-state index >= 15 is 0 Å². The van der Waals surface area contributed by atoms with Crippen molar-refractivity contribution in [2.24, 2.45) is 7.05 Å². The van der Waals surface area contributed by atoms with Crippen LogP contribution in [0, 0.1) is 0 Å². The number of nitrogens with one attached hydrogen (secondary N) is 3. The van der Waals surface area contributed by atoms with E-state index in [-0.39, 0.29) is 5.91 Å². The molecule has 0 atom stereocenters. The Morgan fingerprint density at radius 1 is 1.26 bits per heavy atom. The average molecular weight is 315 g/mol. The third-order valence-electron chi connectivity index (χ3n) is 4.56. The van der Waals surface area contributed by atoms with Gasteiger partial charge in [0.2, 0.25) is 5.95 Å². The number of rotatable bonds is 4. The first kappa shape index (κ1) is 14.4. The molecule has 1 aliphatic carbocycles. The van der Waals surface area contributed by atoms with Crippen LogP contribution >= 0.6 is 0 Å². The maximum atomic E-state index is 12.3. The molecule has 2 fully saturated rings. The lowest BCUT2D eigenvalue weighted by Gasteiger charge is -2.19. The molecule has 4 rings (SSSR count). The SMILES string of the molecule is Cn1nc(C2CCNCC2)nc1NC(=O)c1cc(C2CC2)[nH]n1. The number of aryl methyl sites for hydroxylation is 1. The van der Waals surface area contributed by atoms with E-state index in [4.69, 9.17) is 0 Å². The zero-order valence-electron chi connectivity index (χ0n) is 13.2. The van der Waals surface area contributed by atoms with Gasteiger partial charge in [0.15, 0.2) is 11.5 Å². The molecule has 1 aliphatic heterocycles. The zero-order valence-corrected chi connectivity index (χ0v) is 13.2. The van der Waals surface area contributed by atoms with Gasteiger partial charge in [-0.2, -0.15) is 15.2 Å². The first-order chi connectivity index (χ1) is 11.2. The number of carbonyl (C=O) groups excluding carboxylic acids is 1. The molecule has 0 radical (unpaired) electrons. The van der Waals surface area contributed by atoms with Crippen LogP contribution < -0.4 is 10.6 Å². The topological polar surface area (TPSA) is 101 Å². The molecule has 8 heteroatoms. The minimum Gasteiger partial charge on any atom is -0.317 e. The molecule has 1 saturated heterocycles. The number of piperidine rings is 1. The summed E-state index contributed by atoms with van der Waals surface area (Å²) in [5.74, 6) is 1.94. The van der Waals surface area contributed by atoms with Gasteiger partial charge in [-0.1, -0.05) is 0 Å². The van der Waals surface area contributed by atoms with Gasteiger partial charge in [-0.3, -0.25) is 15.2 Å². The molecule has 0 bridgehead atoms. The van der Waals surface area contributed by atoms with Crippen molar-refractivity contribution in [1.29, 1.82) is 0 Å². The number of aromatic amines is 1. The highest BCUT2D eigenvalue weighted by atomic mass is 16.2. The highest BCUT2D eigenvalue weighted by Gasteiger charge is 2.27. The molecule has 3 N–H and O–H groups in total. The van der Waals surface area contributed by atoms with E-state index in [0.29, 0.717) is 23.5 Å². The molecule has 23 heavy (non-hydrogen) atoms. The number of H-pyrrole nitrogens is 1. The standard InChI is InChI=1S/C15H21N7O/c1-22-15(17-13(21-22)10-4-6-16-7-5-10)18-14(23)12-8-11(19-20-12)9-2-3-9/h8-10,16H,2-7H2,1H3,(H,19,20)(H,17,18,21,23). The average Bonchev–Trinajstić information content (AvgIpc) is 3.18. The van der Waals surface area contributed by atoms with Crippen LogP contribution in [0.1, 0.15) is 59.5 Å². The van der Waals surface area contributed by atoms with Gasteiger partial charge in [-0.25, -0.2) is 4.68 Å². The normalized spacial score (nSPS) is 19.0. The van der Waals surface area contributed by atoms with Crippen molar-refractivity contribution >= 4 is 11.9 Å². The third kappa shape index (κ3) is 2.98. The van der Waals surface area contributed by atoms with E-state index in [2.05, 4.69) is 30.9 Å². The maximum absolute atomic E-state index is 12.3. The summed E-state index contributed by atoms with van der Waals surface area (Å²) >= 11 is 0. The van der Waals surface area contributed by atoms with Gasteiger partial charge in [0.25, 0.3) is 5.91 Å². The Morgan fingerprint density at radius 2 is 2.04 bits per heavy atom. The molecule has 3 heterocycles. The molecular formula is C15H21N7O. The van der Waals surface area contributed by atoms with Crippen molar-refractivity contribution in [2.75, 3.05) is 18.4 Å². The fraction of sp³-hybridized carbons (Fsp3) is 0.600. The molecule has 0 spiro atoms. The van der Waals surface area contributed by atoms with Gasteiger partial charge < -0.3 is 5.32 Å². The van der Waals surface area contributed by atoms with Crippen molar-refractivity contribution in [3.63, 3.8) is 0 Å². The Kier molecular flexibility index (Phi) is 3.60. The molecule has 2 aromatic rings. The smallest absolute Gasteiger partial charge is 0.278 e. The second-order valence-electron chi connectivity index (χ2n) is 6.38. The van der Waals surface area contributed by atoms with Crippen LogP contribution in [0.4, 0.5) is 5.95 Å². The molecule has 0 aromatic carbocycles. The summed E-state index contributed by atoms with van der Waals surface area (Å²) in [6.07, 6.45) is 4.40. The molecule has 1 amide bonds. The van der Waals surface area contributed by atoms with Gasteiger partial charge in [0.05, 0.1) is 0 Å². The van der Waals surface area contributed by atoms with E-state index in [0.717, 1.165) is 37.4 Å². The molecular weight excluding hydrogens is 294 g/mol. The predicted octanol–water partition coefficient (Wildman–Crippen LogP) is 1.13. The van der Waals surface area contributed by atoms with E-state index < -0.39 is 0 Å². The molecule has 1 saturated carbocycles. The first-order valence-corrected chi connectivity index (χ1v) is 8.19. The lowest BCUT2D eigenvalue weighted by Crippen LogP contribution is -2.27. The third-order valence-corrected chi connectivity index (χ3v) is 4.56. The number of hydrogen-bond donors (Lipinski definition) is 3. The highest BCUT2D eigenvalue weighted by Crippen LogP contribution is 2.39. The van der Waals surface area contributed by atoms with Crippen molar-refractivity contribution in [1.82, 2.24) is 30.3 Å². The van der Waals surface area contributed by atoms with Crippen LogP contribution in [-0.2, 0) is 7.05 Å². The zero-order chi connectivity index (χ0) is 15.8. The lowest BCUT2D eigenvalue weighted by molar-refractivity contribution is 0.102. The van der Waals surface area contributed by atoms with Crippen LogP contribution in [0.25, 0.3) is 0 Å². The monoisotopic (exact) mass is 315 g/mol. The number of anilines is 1. The van der Waals surface area contributed by atoms with Crippen molar-refractivity contribution < 1.29 is 4.79 Å². The summed E-state index contributed by atoms with van der Waals surface area (Å²) in [6, 6.07) is 1.83. The molecule has 2 aromatic heterocycles. The molecule has 0 unspecified atom stereocenters. The van der Waals surface area contributed by atoms with Crippen LogP contribution in [0.2, 0.25) is 0 Å². The Hall–Kier alpha value is -2.22. The number of aromatic nitrogens is 5. The summed E-state index contributed by atoms with van der Waals surface area (Å²) in [5, 5.41) is 17.6. The summed E-state index contributed by atoms with van der Waals surface area (Å²) in [6.45, 7) is 1.98. The summed E-state index contributed by atoms with van der Waals surface area (Å²) in [7, 11) is 1.80. The van der Waals surface area contributed by atoms with Crippen LogP contribution in [0.3, 0.4) is 0 Å². The van der Waals surface area contributed by atoms with Crippen molar-refractivity contribution in [3.05, 3.63) is 23.3 Å². The number of nitrogens with zero attached hydrogens (tertiary/aromatic N) is 4. The Labute approximate surface area is 134 Å². The minimum absolute atomic E-state index is 0.250. The Bertz CT molecular complexity index is 709. The fourth-order valence-corrected chi connectivity index (χ4v) is 2.99. The highest BCUT2D eigenvalue weighted by molar-refractivity contribution is 6.01. The van der Waals surface area contributed by atoms with Crippen LogP contribution in [-0.4, -0.2) is 44.0 Å². The van der Waals surface area contributed by atoms with E-state index in [9.17, 15) is 4.79 Å². The quantitative estimate of drug-likeness (QED) is 0.785. The number of hydrogen-bond acceptors (Lipinski definition) is 5. The van der Waals surface area contributed by atoms with E-state index in [1.165, 1.54) is 12.8 Å². The van der Waals surface area contributed by atoms with Gasteiger partial charge in [-0.05, 0) is 44.8 Å². The van der Waals surface area contributed by atoms with Crippen LogP contribution in [0.15, 0.2) is 6.07 Å². The maximum Gasteiger partial charge on any atom is 0.278 e. The number of amides is 1. The van der Waals surface area contributed by atoms with Crippen LogP contribution in [0.5, 0.6) is 0 Å². The molecule has 8 nitrogen and oxygen atoms in total. The number of carbonyl (C=O) groups is 1. The van der Waals surface area contributed by atoms with Crippen molar-refractivity contribution in [3.8, 4) is 0 Å². The van der Waals surface area contributed by atoms with E-state index in [1.54, 1.807) is 11.7 Å². The van der Waals surface area contributed by atoms with Gasteiger partial charge in [0, 0.05) is 24.6 Å². The van der Waals surface area contributed by atoms with Gasteiger partial charge >= 0.3 is 0 Å². The van der Waals surface area contributed by atoms with Gasteiger partial charge in [0.1, 0.15) is 0 Å². The van der Waals surface area contributed by atoms with Crippen molar-refractivity contribution in [2.45, 2.75) is 37.5 Å². The predicted molar refractivity (Wildman–Crippen MR) is 84.4 cm³/mol. The Balaban J connectivity index is 1.46. The summed E-state index contributed by atoms with van der Waals surface area (Å²) in [4.78, 5) is 16.8. The second kappa shape index (κ2) is 5.77. The second-order valence-corrected chi connectivity index (χ2v) is 6.38. The minimum atomic E-state index is -0.250. The Morgan fingerprint density at radius 3 is 2.78 bits per heavy atom. The largest absolute Gasteiger partial charge is 0.317 e. The molecule has 2 aliphatic rings. The van der Waals surface area contributed by atoms with E-state index in [1.807, 2.05) is 6.07 Å². The van der Waals surface area contributed by atoms with Gasteiger partial charge in [-0.15, -0.1) is 0 Å². The summed E-state index contributed by atoms with van der Waals surface area (Å²) in [5.41, 5.74) is 1.45.